The van der Waals surface area contributed by atoms with Gasteiger partial charge in [0.05, 0.1) is 26.4 Å². The Kier molecular flexibility index (Phi) is 63.1. The first-order valence-corrected chi connectivity index (χ1v) is 41.7. The first-order valence-electron chi connectivity index (χ1n) is 38.7. The molecule has 0 amide bonds. The van der Waals surface area contributed by atoms with Crippen molar-refractivity contribution in [2.45, 2.75) is 395 Å². The summed E-state index contributed by atoms with van der Waals surface area (Å²) in [6.07, 6.45) is 48.8. The third-order valence-electron chi connectivity index (χ3n) is 17.7. The van der Waals surface area contributed by atoms with Crippen LogP contribution in [0.1, 0.15) is 376 Å². The van der Waals surface area contributed by atoms with Gasteiger partial charge in [0.2, 0.25) is 0 Å². The number of phosphoric acid groups is 2. The van der Waals surface area contributed by atoms with E-state index in [1.165, 1.54) is 173 Å². The van der Waals surface area contributed by atoms with Crippen molar-refractivity contribution >= 4 is 39.5 Å². The Balaban J connectivity index is 5.17. The number of hydrogen-bond acceptors (Lipinski definition) is 15. The first kappa shape index (κ1) is 92.1. The summed E-state index contributed by atoms with van der Waals surface area (Å²) >= 11 is 0. The lowest BCUT2D eigenvalue weighted by atomic mass is 10.00. The van der Waals surface area contributed by atoms with Crippen LogP contribution in [0.4, 0.5) is 0 Å². The van der Waals surface area contributed by atoms with Gasteiger partial charge in [-0.05, 0) is 49.4 Å². The molecule has 0 aromatic heterocycles. The number of rotatable bonds is 72. The van der Waals surface area contributed by atoms with Gasteiger partial charge in [0.15, 0.2) is 12.2 Å². The van der Waals surface area contributed by atoms with Crippen molar-refractivity contribution in [3.05, 3.63) is 0 Å². The summed E-state index contributed by atoms with van der Waals surface area (Å²) in [5, 5.41) is 10.6. The number of phosphoric ester groups is 2. The van der Waals surface area contributed by atoms with Crippen LogP contribution in [0.2, 0.25) is 0 Å². The largest absolute Gasteiger partial charge is 0.472 e. The van der Waals surface area contributed by atoms with Gasteiger partial charge >= 0.3 is 39.5 Å². The molecule has 0 aromatic rings. The van der Waals surface area contributed by atoms with E-state index in [0.717, 1.165) is 114 Å². The Hall–Kier alpha value is -1.94. The molecule has 0 saturated carbocycles. The smallest absolute Gasteiger partial charge is 0.462 e. The van der Waals surface area contributed by atoms with Crippen molar-refractivity contribution in [3.63, 3.8) is 0 Å². The summed E-state index contributed by atoms with van der Waals surface area (Å²) in [4.78, 5) is 72.7. The molecule has 94 heavy (non-hydrogen) atoms. The average Bonchev–Trinajstić information content (AvgIpc) is 1.86. The van der Waals surface area contributed by atoms with Gasteiger partial charge in [0.25, 0.3) is 0 Å². The monoisotopic (exact) mass is 1380 g/mol. The summed E-state index contributed by atoms with van der Waals surface area (Å²) < 4.78 is 68.4. The summed E-state index contributed by atoms with van der Waals surface area (Å²) in [5.74, 6) is 0.874. The van der Waals surface area contributed by atoms with Crippen molar-refractivity contribution in [1.29, 1.82) is 0 Å². The van der Waals surface area contributed by atoms with Crippen LogP contribution >= 0.6 is 15.6 Å². The molecular weight excluding hydrogens is 1230 g/mol. The quantitative estimate of drug-likeness (QED) is 0.0222. The second kappa shape index (κ2) is 64.4. The van der Waals surface area contributed by atoms with Gasteiger partial charge < -0.3 is 33.8 Å². The predicted molar refractivity (Wildman–Crippen MR) is 381 cm³/mol. The zero-order chi connectivity index (χ0) is 69.6. The molecule has 0 aromatic carbocycles. The molecule has 0 aliphatic heterocycles. The summed E-state index contributed by atoms with van der Waals surface area (Å²) in [6.45, 7) is 14.1. The molecule has 0 bridgehead atoms. The van der Waals surface area contributed by atoms with E-state index < -0.39 is 97.5 Å². The number of esters is 4. The van der Waals surface area contributed by atoms with Crippen molar-refractivity contribution in [2.75, 3.05) is 39.6 Å². The van der Waals surface area contributed by atoms with E-state index in [9.17, 15) is 43.2 Å². The van der Waals surface area contributed by atoms with Gasteiger partial charge in [-0.1, -0.05) is 325 Å². The van der Waals surface area contributed by atoms with E-state index in [4.69, 9.17) is 37.0 Å². The Bertz CT molecular complexity index is 1850. The first-order chi connectivity index (χ1) is 45.1. The number of carbonyl (C=O) groups excluding carboxylic acids is 4. The molecule has 6 atom stereocenters. The van der Waals surface area contributed by atoms with Gasteiger partial charge in [-0.2, -0.15) is 0 Å². The molecule has 0 heterocycles. The van der Waals surface area contributed by atoms with E-state index >= 15 is 0 Å². The molecule has 0 fully saturated rings. The molecule has 19 heteroatoms. The Morgan fingerprint density at radius 2 is 0.511 bits per heavy atom. The lowest BCUT2D eigenvalue weighted by Crippen LogP contribution is -2.30. The lowest BCUT2D eigenvalue weighted by Gasteiger charge is -2.21. The predicted octanol–water partition coefficient (Wildman–Crippen LogP) is 21.7. The van der Waals surface area contributed by atoms with Crippen LogP contribution in [0.3, 0.4) is 0 Å². The highest BCUT2D eigenvalue weighted by molar-refractivity contribution is 7.47. The fourth-order valence-electron chi connectivity index (χ4n) is 11.3. The number of hydrogen-bond donors (Lipinski definition) is 3. The van der Waals surface area contributed by atoms with Gasteiger partial charge in [-0.15, -0.1) is 0 Å². The number of aliphatic hydroxyl groups excluding tert-OH is 1. The normalized spacial score (nSPS) is 14.4. The second-order valence-corrected chi connectivity index (χ2v) is 31.6. The highest BCUT2D eigenvalue weighted by atomic mass is 31.2. The fourth-order valence-corrected chi connectivity index (χ4v) is 12.9. The van der Waals surface area contributed by atoms with Gasteiger partial charge in [-0.25, -0.2) is 9.13 Å². The minimum Gasteiger partial charge on any atom is -0.462 e. The van der Waals surface area contributed by atoms with Gasteiger partial charge in [0, 0.05) is 25.7 Å². The zero-order valence-corrected chi connectivity index (χ0v) is 63.4. The van der Waals surface area contributed by atoms with E-state index in [0.29, 0.717) is 31.6 Å². The van der Waals surface area contributed by atoms with Crippen LogP contribution < -0.4 is 0 Å². The Morgan fingerprint density at radius 1 is 0.298 bits per heavy atom. The molecule has 17 nitrogen and oxygen atoms in total. The molecule has 558 valence electrons. The third-order valence-corrected chi connectivity index (χ3v) is 19.6. The second-order valence-electron chi connectivity index (χ2n) is 28.7. The summed E-state index contributed by atoms with van der Waals surface area (Å²) in [7, 11) is -9.91. The maximum Gasteiger partial charge on any atom is 0.472 e. The number of ether oxygens (including phenoxy) is 4. The maximum atomic E-state index is 13.0. The van der Waals surface area contributed by atoms with Crippen LogP contribution in [-0.4, -0.2) is 96.7 Å². The molecule has 0 radical (unpaired) electrons. The molecule has 3 N–H and O–H groups in total. The molecule has 0 spiro atoms. The van der Waals surface area contributed by atoms with Crippen molar-refractivity contribution in [3.8, 4) is 0 Å². The highest BCUT2D eigenvalue weighted by Crippen LogP contribution is 2.45. The van der Waals surface area contributed by atoms with E-state index in [2.05, 4.69) is 55.4 Å². The number of aliphatic hydroxyl groups is 1. The fraction of sp³-hybridized carbons (Fsp3) is 0.947. The average molecular weight is 1380 g/mol. The summed E-state index contributed by atoms with van der Waals surface area (Å²) in [6, 6.07) is 0. The number of unbranched alkanes of at least 4 members (excludes halogenated alkanes) is 37. The van der Waals surface area contributed by atoms with Crippen molar-refractivity contribution in [1.82, 2.24) is 0 Å². The zero-order valence-electron chi connectivity index (χ0n) is 61.6. The highest BCUT2D eigenvalue weighted by Gasteiger charge is 2.30. The van der Waals surface area contributed by atoms with Crippen LogP contribution in [0.15, 0.2) is 0 Å². The van der Waals surface area contributed by atoms with Crippen LogP contribution in [-0.2, 0) is 65.4 Å². The maximum absolute atomic E-state index is 13.0. The lowest BCUT2D eigenvalue weighted by molar-refractivity contribution is -0.161. The van der Waals surface area contributed by atoms with Gasteiger partial charge in [0.1, 0.15) is 19.3 Å². The minimum absolute atomic E-state index is 0.103. The topological polar surface area (TPSA) is 237 Å². The molecule has 0 rings (SSSR count). The Morgan fingerprint density at radius 3 is 0.755 bits per heavy atom. The van der Waals surface area contributed by atoms with Crippen LogP contribution in [0.5, 0.6) is 0 Å². The molecule has 4 unspecified atom stereocenters. The molecular formula is C75H146O17P2. The standard InChI is InChI=1S/C75H146O17P2/c1-9-68(8)54-46-38-32-34-42-50-58-75(80)92-71(61-85-72(77)55-47-39-29-25-21-17-14-13-16-20-24-28-36-44-52-66(4)5)64-90-94(83,84)88-60-69(76)59-87-93(81,82)89-63-70(62-86-73(78)56-48-40-33-31-37-45-53-67(6)7)91-74(79)57-49-41-30-26-22-18-12-10-11-15-19-23-27-35-43-51-65(2)3/h65-71,76H,9-64H2,1-8H3,(H,81,82)(H,83,84)/t68?,69?,70-,71-/m1/s1. The van der Waals surface area contributed by atoms with Crippen molar-refractivity contribution in [2.24, 2.45) is 23.7 Å². The number of carbonyl (C=O) groups is 4. The molecule has 0 aliphatic rings. The third kappa shape index (κ3) is 67.3. The molecule has 0 saturated heterocycles. The summed E-state index contributed by atoms with van der Waals surface area (Å²) in [5.41, 5.74) is 0. The van der Waals surface area contributed by atoms with Crippen LogP contribution in [0.25, 0.3) is 0 Å². The van der Waals surface area contributed by atoms with Gasteiger partial charge in [-0.3, -0.25) is 37.3 Å². The van der Waals surface area contributed by atoms with Crippen LogP contribution in [0, 0.1) is 23.7 Å². The molecule has 0 aliphatic carbocycles. The Labute approximate surface area is 575 Å². The van der Waals surface area contributed by atoms with E-state index in [-0.39, 0.29) is 25.7 Å². The SMILES string of the molecule is CCC(C)CCCCCCCCC(=O)O[C@H](COC(=O)CCCCCCCCCCCCCCCCC(C)C)COP(=O)(O)OCC(O)COP(=O)(O)OC[C@@H](COC(=O)CCCCCCCCC(C)C)OC(=O)CCCCCCCCCCCCCCCCCC(C)C. The van der Waals surface area contributed by atoms with Crippen molar-refractivity contribution < 1.29 is 80.2 Å². The van der Waals surface area contributed by atoms with E-state index in [1.54, 1.807) is 0 Å². The minimum atomic E-state index is -4.95. The van der Waals surface area contributed by atoms with E-state index in [1.807, 2.05) is 0 Å².